The van der Waals surface area contributed by atoms with E-state index in [1.165, 1.54) is 28.8 Å². The van der Waals surface area contributed by atoms with Crippen molar-refractivity contribution in [1.29, 1.82) is 0 Å². The lowest BCUT2D eigenvalue weighted by molar-refractivity contribution is -0.123. The van der Waals surface area contributed by atoms with E-state index in [0.717, 1.165) is 22.9 Å². The molecule has 0 saturated carbocycles. The minimum Gasteiger partial charge on any atom is -0.383 e. The van der Waals surface area contributed by atoms with E-state index in [4.69, 9.17) is 9.84 Å². The SMILES string of the molecule is COCCNC(=O)CN1C(=O)CS[C@H](c2ccc(F)cc2F)c2c(C(C)(C)C)nn(-c3cccc(C)c3C)c21. The van der Waals surface area contributed by atoms with Gasteiger partial charge < -0.3 is 10.1 Å². The number of nitrogens with one attached hydrogen (secondary N) is 1. The fraction of sp³-hybridized carbons (Fsp3) is 0.414. The van der Waals surface area contributed by atoms with E-state index in [9.17, 15) is 14.0 Å². The molecule has 1 N–H and O–H groups in total. The maximum absolute atomic E-state index is 15.3. The van der Waals surface area contributed by atoms with Crippen molar-refractivity contribution in [2.75, 3.05) is 37.5 Å². The Morgan fingerprint density at radius 2 is 1.95 bits per heavy atom. The number of anilines is 1. The molecular formula is C29H34F2N4O3S. The molecule has 0 unspecified atom stereocenters. The highest BCUT2D eigenvalue weighted by Crippen LogP contribution is 2.49. The van der Waals surface area contributed by atoms with Crippen LogP contribution in [0.3, 0.4) is 0 Å². The zero-order chi connectivity index (χ0) is 28.5. The Kier molecular flexibility index (Phi) is 8.46. The molecule has 0 radical (unpaired) electrons. The molecule has 1 aromatic heterocycles. The lowest BCUT2D eigenvalue weighted by Crippen LogP contribution is -2.43. The van der Waals surface area contributed by atoms with E-state index in [2.05, 4.69) is 5.32 Å². The molecule has 0 bridgehead atoms. The third kappa shape index (κ3) is 5.86. The maximum atomic E-state index is 15.3. The molecule has 2 amide bonds. The fourth-order valence-corrected chi connectivity index (χ4v) is 5.88. The molecule has 0 aliphatic carbocycles. The monoisotopic (exact) mass is 556 g/mol. The summed E-state index contributed by atoms with van der Waals surface area (Å²) < 4.78 is 35.9. The number of benzene rings is 2. The largest absolute Gasteiger partial charge is 0.383 e. The molecule has 3 aromatic rings. The summed E-state index contributed by atoms with van der Waals surface area (Å²) in [7, 11) is 1.54. The number of aromatic nitrogens is 2. The van der Waals surface area contributed by atoms with Gasteiger partial charge in [0, 0.05) is 36.3 Å². The third-order valence-corrected chi connectivity index (χ3v) is 8.02. The highest BCUT2D eigenvalue weighted by Gasteiger charge is 2.40. The molecule has 0 saturated heterocycles. The summed E-state index contributed by atoms with van der Waals surface area (Å²) in [4.78, 5) is 28.1. The van der Waals surface area contributed by atoms with Crippen LogP contribution in [-0.2, 0) is 19.7 Å². The molecule has 1 aliphatic heterocycles. The summed E-state index contributed by atoms with van der Waals surface area (Å²) in [6.45, 7) is 10.4. The van der Waals surface area contributed by atoms with Crippen LogP contribution in [0.2, 0.25) is 0 Å². The molecule has 2 heterocycles. The van der Waals surface area contributed by atoms with Crippen molar-refractivity contribution in [1.82, 2.24) is 15.1 Å². The van der Waals surface area contributed by atoms with Gasteiger partial charge in [-0.1, -0.05) is 39.0 Å². The zero-order valence-corrected chi connectivity index (χ0v) is 23.9. The Bertz CT molecular complexity index is 1400. The lowest BCUT2D eigenvalue weighted by Gasteiger charge is -2.25. The van der Waals surface area contributed by atoms with Crippen LogP contribution in [0.5, 0.6) is 0 Å². The van der Waals surface area contributed by atoms with Crippen molar-refractivity contribution in [3.8, 4) is 5.69 Å². The number of amides is 2. The molecular weight excluding hydrogens is 522 g/mol. The predicted molar refractivity (Wildman–Crippen MR) is 150 cm³/mol. The summed E-state index contributed by atoms with van der Waals surface area (Å²) in [5, 5.41) is 7.16. The number of rotatable bonds is 7. The molecule has 7 nitrogen and oxygen atoms in total. The maximum Gasteiger partial charge on any atom is 0.240 e. The van der Waals surface area contributed by atoms with E-state index in [1.54, 1.807) is 11.8 Å². The number of carbonyl (C=O) groups is 2. The number of ether oxygens (including phenoxy) is 1. The average Bonchev–Trinajstić information content (AvgIpc) is 3.20. The average molecular weight is 557 g/mol. The van der Waals surface area contributed by atoms with Crippen molar-refractivity contribution in [2.24, 2.45) is 0 Å². The molecule has 4 rings (SSSR count). The van der Waals surface area contributed by atoms with E-state index in [-0.39, 0.29) is 29.7 Å². The molecule has 2 aromatic carbocycles. The van der Waals surface area contributed by atoms with Crippen LogP contribution in [0.4, 0.5) is 14.6 Å². The first-order valence-corrected chi connectivity index (χ1v) is 13.8. The minimum absolute atomic E-state index is 0.00209. The van der Waals surface area contributed by atoms with Crippen molar-refractivity contribution in [2.45, 2.75) is 45.3 Å². The van der Waals surface area contributed by atoms with Crippen LogP contribution < -0.4 is 10.2 Å². The number of hydrogen-bond donors (Lipinski definition) is 1. The van der Waals surface area contributed by atoms with Crippen molar-refractivity contribution in [3.63, 3.8) is 0 Å². The molecule has 208 valence electrons. The summed E-state index contributed by atoms with van der Waals surface area (Å²) in [5.41, 5.74) is 3.81. The van der Waals surface area contributed by atoms with Gasteiger partial charge in [-0.3, -0.25) is 14.5 Å². The normalized spacial score (nSPS) is 15.7. The van der Waals surface area contributed by atoms with E-state index < -0.39 is 22.3 Å². The summed E-state index contributed by atoms with van der Waals surface area (Å²) in [5.74, 6) is -1.62. The zero-order valence-electron chi connectivity index (χ0n) is 23.1. The van der Waals surface area contributed by atoms with Gasteiger partial charge >= 0.3 is 0 Å². The van der Waals surface area contributed by atoms with Crippen LogP contribution in [0.15, 0.2) is 36.4 Å². The highest BCUT2D eigenvalue weighted by molar-refractivity contribution is 8.00. The van der Waals surface area contributed by atoms with Crippen LogP contribution in [0.25, 0.3) is 5.69 Å². The quantitative estimate of drug-likeness (QED) is 0.415. The summed E-state index contributed by atoms with van der Waals surface area (Å²) in [6, 6.07) is 9.31. The van der Waals surface area contributed by atoms with Crippen molar-refractivity contribution in [3.05, 3.63) is 76.0 Å². The lowest BCUT2D eigenvalue weighted by atomic mass is 9.87. The summed E-state index contributed by atoms with van der Waals surface area (Å²) in [6.07, 6.45) is 0. The second-order valence-corrected chi connectivity index (χ2v) is 11.7. The predicted octanol–water partition coefficient (Wildman–Crippen LogP) is 5.00. The van der Waals surface area contributed by atoms with Crippen LogP contribution in [0.1, 0.15) is 54.0 Å². The number of hydrogen-bond acceptors (Lipinski definition) is 5. The van der Waals surface area contributed by atoms with Gasteiger partial charge in [0.15, 0.2) is 0 Å². The van der Waals surface area contributed by atoms with E-state index in [0.29, 0.717) is 30.2 Å². The Morgan fingerprint density at radius 3 is 2.62 bits per heavy atom. The Morgan fingerprint density at radius 1 is 1.21 bits per heavy atom. The number of aryl methyl sites for hydroxylation is 1. The number of methoxy groups -OCH3 is 1. The Labute approximate surface area is 231 Å². The van der Waals surface area contributed by atoms with E-state index >= 15 is 4.39 Å². The Balaban J connectivity index is 2.01. The summed E-state index contributed by atoms with van der Waals surface area (Å²) >= 11 is 1.25. The van der Waals surface area contributed by atoms with Crippen molar-refractivity contribution >= 4 is 29.4 Å². The van der Waals surface area contributed by atoms with Crippen LogP contribution in [-0.4, -0.2) is 54.2 Å². The highest BCUT2D eigenvalue weighted by atomic mass is 32.2. The molecule has 1 aliphatic rings. The molecule has 10 heteroatoms. The van der Waals surface area contributed by atoms with Gasteiger partial charge in [0.2, 0.25) is 11.8 Å². The Hall–Kier alpha value is -3.24. The van der Waals surface area contributed by atoms with Gasteiger partial charge in [0.1, 0.15) is 24.0 Å². The van der Waals surface area contributed by atoms with Gasteiger partial charge in [0.05, 0.1) is 29.0 Å². The first-order valence-electron chi connectivity index (χ1n) is 12.8. The van der Waals surface area contributed by atoms with Crippen LogP contribution in [0, 0.1) is 25.5 Å². The second kappa shape index (κ2) is 11.5. The van der Waals surface area contributed by atoms with Gasteiger partial charge in [-0.2, -0.15) is 5.10 Å². The van der Waals surface area contributed by atoms with Gasteiger partial charge in [-0.05, 0) is 37.1 Å². The second-order valence-electron chi connectivity index (χ2n) is 10.6. The smallest absolute Gasteiger partial charge is 0.240 e. The van der Waals surface area contributed by atoms with Crippen molar-refractivity contribution < 1.29 is 23.1 Å². The topological polar surface area (TPSA) is 76.5 Å². The number of fused-ring (bicyclic) bond motifs is 1. The van der Waals surface area contributed by atoms with Gasteiger partial charge in [0.25, 0.3) is 0 Å². The number of halogens is 2. The van der Waals surface area contributed by atoms with Gasteiger partial charge in [-0.25, -0.2) is 13.5 Å². The third-order valence-electron chi connectivity index (χ3n) is 6.78. The molecule has 1 atom stereocenters. The standard InChI is InChI=1S/C29H34F2N4O3S/c1-17-8-7-9-22(18(17)2)35-28-25(27(33-35)29(3,4)5)26(20-11-10-19(30)14-21(20)31)39-16-24(37)34(28)15-23(36)32-12-13-38-6/h7-11,14,26H,12-13,15-16H2,1-6H3,(H,32,36)/t26-/m1/s1. The van der Waals surface area contributed by atoms with Gasteiger partial charge in [-0.15, -0.1) is 11.8 Å². The number of nitrogens with zero attached hydrogens (tertiary/aromatic N) is 3. The van der Waals surface area contributed by atoms with E-state index in [1.807, 2.05) is 52.8 Å². The molecule has 0 spiro atoms. The number of carbonyl (C=O) groups excluding carboxylic acids is 2. The number of thioether (sulfide) groups is 1. The first kappa shape index (κ1) is 28.8. The fourth-order valence-electron chi connectivity index (χ4n) is 4.66. The first-order chi connectivity index (χ1) is 18.4. The molecule has 39 heavy (non-hydrogen) atoms. The minimum atomic E-state index is -0.698. The molecule has 0 fully saturated rings. The van der Waals surface area contributed by atoms with Crippen LogP contribution >= 0.6 is 11.8 Å².